The highest BCUT2D eigenvalue weighted by molar-refractivity contribution is 5.68. The largest absolute Gasteiger partial charge is 0.323 e. The summed E-state index contributed by atoms with van der Waals surface area (Å²) < 4.78 is 6.24. The number of hydrogen-bond acceptors (Lipinski definition) is 4. The first-order valence-corrected chi connectivity index (χ1v) is 8.83. The number of aromatic nitrogens is 7. The summed E-state index contributed by atoms with van der Waals surface area (Å²) in [7, 11) is 0. The molecule has 0 bridgehead atoms. The van der Waals surface area contributed by atoms with Gasteiger partial charge in [0, 0.05) is 43.3 Å². The maximum atomic E-state index is 4.64. The molecule has 0 radical (unpaired) electrons. The lowest BCUT2D eigenvalue weighted by atomic mass is 10.1. The van der Waals surface area contributed by atoms with Crippen molar-refractivity contribution in [2.75, 3.05) is 0 Å². The highest BCUT2D eigenvalue weighted by Crippen LogP contribution is 2.27. The van der Waals surface area contributed by atoms with Gasteiger partial charge in [-0.25, -0.2) is 9.67 Å². The second-order valence-electron chi connectivity index (χ2n) is 6.64. The Morgan fingerprint density at radius 2 is 2.08 bits per heavy atom. The van der Waals surface area contributed by atoms with Crippen LogP contribution in [-0.4, -0.2) is 34.1 Å². The zero-order chi connectivity index (χ0) is 17.5. The van der Waals surface area contributed by atoms with Crippen LogP contribution in [0.25, 0.3) is 17.1 Å². The molecule has 26 heavy (non-hydrogen) atoms. The minimum Gasteiger partial charge on any atom is -0.323 e. The number of hydrogen-bond donors (Lipinski definition) is 0. The summed E-state index contributed by atoms with van der Waals surface area (Å²) in [5.41, 5.74) is 3.26. The third kappa shape index (κ3) is 2.44. The third-order valence-corrected chi connectivity index (χ3v) is 4.86. The van der Waals surface area contributed by atoms with E-state index in [0.29, 0.717) is 6.54 Å². The maximum absolute atomic E-state index is 4.64. The number of fused-ring (bicyclic) bond motifs is 1. The molecule has 4 heterocycles. The molecule has 0 spiro atoms. The number of aryl methyl sites for hydroxylation is 2. The molecule has 1 aliphatic rings. The van der Waals surface area contributed by atoms with E-state index in [1.807, 2.05) is 29.3 Å². The van der Waals surface area contributed by atoms with Crippen LogP contribution in [0.5, 0.6) is 0 Å². The van der Waals surface area contributed by atoms with Gasteiger partial charge in [-0.1, -0.05) is 11.6 Å². The molecule has 7 heteroatoms. The summed E-state index contributed by atoms with van der Waals surface area (Å²) in [6, 6.07) is 8.27. The van der Waals surface area contributed by atoms with Gasteiger partial charge in [0.25, 0.3) is 0 Å². The average Bonchev–Trinajstić information content (AvgIpc) is 3.42. The van der Waals surface area contributed by atoms with E-state index in [-0.39, 0.29) is 0 Å². The average molecular weight is 345 g/mol. The Morgan fingerprint density at radius 1 is 1.12 bits per heavy atom. The molecule has 130 valence electrons. The number of rotatable bonds is 4. The summed E-state index contributed by atoms with van der Waals surface area (Å²) in [6.07, 6.45) is 9.75. The molecule has 0 amide bonds. The molecule has 1 aromatic carbocycles. The Bertz CT molecular complexity index is 1060. The molecule has 0 atom stereocenters. The zero-order valence-electron chi connectivity index (χ0n) is 14.6. The molecular formula is C19H19N7. The molecule has 5 rings (SSSR count). The van der Waals surface area contributed by atoms with Gasteiger partial charge in [-0.15, -0.1) is 10.2 Å². The topological polar surface area (TPSA) is 66.3 Å². The summed E-state index contributed by atoms with van der Waals surface area (Å²) >= 11 is 0. The molecule has 4 aromatic rings. The van der Waals surface area contributed by atoms with Gasteiger partial charge in [-0.3, -0.25) is 0 Å². The van der Waals surface area contributed by atoms with Gasteiger partial charge in [-0.05, 0) is 31.5 Å². The van der Waals surface area contributed by atoms with Crippen LogP contribution < -0.4 is 0 Å². The van der Waals surface area contributed by atoms with Crippen LogP contribution in [0.3, 0.4) is 0 Å². The minimum atomic E-state index is 0.662. The number of benzene rings is 1. The van der Waals surface area contributed by atoms with Crippen LogP contribution in [0.4, 0.5) is 0 Å². The van der Waals surface area contributed by atoms with Gasteiger partial charge in [0.05, 0.1) is 12.2 Å². The SMILES string of the molecule is Cc1ccc(-n2cccn2)c(-c2nccn2Cc2nnc3n2CCC3)c1. The van der Waals surface area contributed by atoms with Gasteiger partial charge in [0.2, 0.25) is 0 Å². The van der Waals surface area contributed by atoms with Crippen molar-refractivity contribution in [1.82, 2.24) is 34.1 Å². The summed E-state index contributed by atoms with van der Waals surface area (Å²) in [6.45, 7) is 3.76. The van der Waals surface area contributed by atoms with Crippen LogP contribution in [0.1, 0.15) is 23.6 Å². The second kappa shape index (κ2) is 5.94. The van der Waals surface area contributed by atoms with Crippen LogP contribution in [0, 0.1) is 6.92 Å². The zero-order valence-corrected chi connectivity index (χ0v) is 14.6. The molecule has 7 nitrogen and oxygen atoms in total. The van der Waals surface area contributed by atoms with Gasteiger partial charge < -0.3 is 9.13 Å². The third-order valence-electron chi connectivity index (χ3n) is 4.86. The van der Waals surface area contributed by atoms with Crippen molar-refractivity contribution >= 4 is 0 Å². The minimum absolute atomic E-state index is 0.662. The van der Waals surface area contributed by atoms with E-state index in [9.17, 15) is 0 Å². The van der Waals surface area contributed by atoms with Crippen LogP contribution >= 0.6 is 0 Å². The summed E-state index contributed by atoms with van der Waals surface area (Å²) in [5.74, 6) is 2.99. The highest BCUT2D eigenvalue weighted by Gasteiger charge is 2.19. The van der Waals surface area contributed by atoms with E-state index in [1.54, 1.807) is 6.20 Å². The number of nitrogens with zero attached hydrogens (tertiary/aromatic N) is 7. The van der Waals surface area contributed by atoms with Crippen LogP contribution in [0.15, 0.2) is 49.1 Å². The normalized spacial score (nSPS) is 13.3. The lowest BCUT2D eigenvalue weighted by Crippen LogP contribution is -2.09. The first-order chi connectivity index (χ1) is 12.8. The maximum Gasteiger partial charge on any atom is 0.153 e. The lowest BCUT2D eigenvalue weighted by Gasteiger charge is -2.13. The quantitative estimate of drug-likeness (QED) is 0.570. The smallest absolute Gasteiger partial charge is 0.153 e. The molecule has 0 fully saturated rings. The van der Waals surface area contributed by atoms with Crippen molar-refractivity contribution in [1.29, 1.82) is 0 Å². The van der Waals surface area contributed by atoms with E-state index >= 15 is 0 Å². The molecule has 0 saturated heterocycles. The molecular weight excluding hydrogens is 326 g/mol. The van der Waals surface area contributed by atoms with Crippen molar-refractivity contribution in [3.8, 4) is 17.1 Å². The number of imidazole rings is 1. The van der Waals surface area contributed by atoms with Gasteiger partial charge in [-0.2, -0.15) is 5.10 Å². The van der Waals surface area contributed by atoms with Crippen molar-refractivity contribution in [3.05, 3.63) is 66.3 Å². The predicted molar refractivity (Wildman–Crippen MR) is 97.0 cm³/mol. The lowest BCUT2D eigenvalue weighted by molar-refractivity contribution is 0.648. The fraction of sp³-hybridized carbons (Fsp3) is 0.263. The molecule has 0 saturated carbocycles. The second-order valence-corrected chi connectivity index (χ2v) is 6.64. The van der Waals surface area contributed by atoms with E-state index in [2.05, 4.69) is 54.5 Å². The van der Waals surface area contributed by atoms with Gasteiger partial charge in [0.1, 0.15) is 11.6 Å². The van der Waals surface area contributed by atoms with Gasteiger partial charge in [0.15, 0.2) is 5.82 Å². The fourth-order valence-corrected chi connectivity index (χ4v) is 3.60. The van der Waals surface area contributed by atoms with E-state index in [1.165, 1.54) is 5.56 Å². The van der Waals surface area contributed by atoms with Crippen molar-refractivity contribution in [3.63, 3.8) is 0 Å². The Balaban J connectivity index is 1.58. The predicted octanol–water partition coefficient (Wildman–Crippen LogP) is 2.63. The standard InChI is InChI=1S/C19H19N7/c1-14-5-6-16(26-10-3-7-21-26)15(12-14)19-20-8-11-24(19)13-18-23-22-17-4-2-9-25(17)18/h3,5-8,10-12H,2,4,9,13H2,1H3. The van der Waals surface area contributed by atoms with Crippen molar-refractivity contribution in [2.24, 2.45) is 0 Å². The molecule has 0 unspecified atom stereocenters. The van der Waals surface area contributed by atoms with Crippen molar-refractivity contribution < 1.29 is 0 Å². The molecule has 0 aliphatic carbocycles. The van der Waals surface area contributed by atoms with Crippen LogP contribution in [0.2, 0.25) is 0 Å². The van der Waals surface area contributed by atoms with Crippen LogP contribution in [-0.2, 0) is 19.5 Å². The first kappa shape index (κ1) is 15.1. The molecule has 1 aliphatic heterocycles. The summed E-state index contributed by atoms with van der Waals surface area (Å²) in [4.78, 5) is 4.64. The Morgan fingerprint density at radius 3 is 2.96 bits per heavy atom. The Labute approximate surface area is 150 Å². The highest BCUT2D eigenvalue weighted by atomic mass is 15.3. The molecule has 0 N–H and O–H groups in total. The van der Waals surface area contributed by atoms with Gasteiger partial charge >= 0.3 is 0 Å². The monoisotopic (exact) mass is 345 g/mol. The van der Waals surface area contributed by atoms with E-state index < -0.39 is 0 Å². The Kier molecular flexibility index (Phi) is 3.44. The van der Waals surface area contributed by atoms with E-state index in [0.717, 1.165) is 48.1 Å². The Hall–Kier alpha value is -3.22. The fourth-order valence-electron chi connectivity index (χ4n) is 3.60. The van der Waals surface area contributed by atoms with Crippen molar-refractivity contribution in [2.45, 2.75) is 32.9 Å². The summed E-state index contributed by atoms with van der Waals surface area (Å²) in [5, 5.41) is 13.1. The first-order valence-electron chi connectivity index (χ1n) is 8.83. The van der Waals surface area contributed by atoms with E-state index in [4.69, 9.17) is 0 Å². The molecule has 3 aromatic heterocycles.